The molecule has 0 heterocycles. The minimum absolute atomic E-state index is 0.297. The number of carbonyl (C=O) groups is 2. The van der Waals surface area contributed by atoms with Crippen molar-refractivity contribution >= 4 is 29.1 Å². The van der Waals surface area contributed by atoms with Crippen molar-refractivity contribution < 1.29 is 9.59 Å². The van der Waals surface area contributed by atoms with E-state index in [4.69, 9.17) is 11.6 Å². The number of rotatable bonds is 6. The molecule has 138 valence electrons. The van der Waals surface area contributed by atoms with Gasteiger partial charge in [-0.25, -0.2) is 0 Å². The Hall–Kier alpha value is -2.33. The topological polar surface area (TPSA) is 58.2 Å². The summed E-state index contributed by atoms with van der Waals surface area (Å²) in [6.45, 7) is 7.65. The average Bonchev–Trinajstić information content (AvgIpc) is 2.60. The second kappa shape index (κ2) is 8.37. The van der Waals surface area contributed by atoms with E-state index in [1.807, 2.05) is 56.3 Å². The maximum atomic E-state index is 12.6. The first-order valence-electron chi connectivity index (χ1n) is 8.62. The summed E-state index contributed by atoms with van der Waals surface area (Å²) < 4.78 is 0. The van der Waals surface area contributed by atoms with Gasteiger partial charge in [-0.3, -0.25) is 9.59 Å². The van der Waals surface area contributed by atoms with Crippen LogP contribution in [0.3, 0.4) is 0 Å². The number of carbonyl (C=O) groups excluding carboxylic acids is 2. The van der Waals surface area contributed by atoms with E-state index in [9.17, 15) is 9.59 Å². The Labute approximate surface area is 159 Å². The average molecular weight is 373 g/mol. The van der Waals surface area contributed by atoms with Crippen LogP contribution in [0.5, 0.6) is 0 Å². The fourth-order valence-electron chi connectivity index (χ4n) is 2.46. The molecule has 0 fully saturated rings. The largest absolute Gasteiger partial charge is 0.355 e. The van der Waals surface area contributed by atoms with Crippen LogP contribution in [0.15, 0.2) is 42.5 Å². The van der Waals surface area contributed by atoms with Gasteiger partial charge in [0.1, 0.15) is 5.41 Å². The lowest BCUT2D eigenvalue weighted by Crippen LogP contribution is -2.45. The van der Waals surface area contributed by atoms with Gasteiger partial charge in [0.05, 0.1) is 0 Å². The van der Waals surface area contributed by atoms with Gasteiger partial charge in [-0.1, -0.05) is 35.9 Å². The van der Waals surface area contributed by atoms with Crippen LogP contribution in [0, 0.1) is 19.3 Å². The summed E-state index contributed by atoms with van der Waals surface area (Å²) in [6.07, 6.45) is 0.678. The highest BCUT2D eigenvalue weighted by Gasteiger charge is 2.36. The maximum absolute atomic E-state index is 12.6. The lowest BCUT2D eigenvalue weighted by atomic mass is 9.90. The summed E-state index contributed by atoms with van der Waals surface area (Å²) in [5, 5.41) is 6.40. The molecule has 2 amide bonds. The molecular formula is C21H25ClN2O2. The van der Waals surface area contributed by atoms with E-state index in [0.717, 1.165) is 22.4 Å². The molecule has 0 bridgehead atoms. The smallest absolute Gasteiger partial charge is 0.239 e. The molecule has 0 spiro atoms. The van der Waals surface area contributed by atoms with Crippen LogP contribution in [0.25, 0.3) is 0 Å². The molecule has 26 heavy (non-hydrogen) atoms. The van der Waals surface area contributed by atoms with Crippen LogP contribution in [-0.2, 0) is 16.0 Å². The third kappa shape index (κ3) is 4.85. The second-order valence-electron chi connectivity index (χ2n) is 6.96. The molecule has 2 aromatic carbocycles. The van der Waals surface area contributed by atoms with Crippen molar-refractivity contribution in [3.8, 4) is 0 Å². The molecule has 2 rings (SSSR count). The highest BCUT2D eigenvalue weighted by atomic mass is 35.5. The lowest BCUT2D eigenvalue weighted by molar-refractivity contribution is -0.138. The van der Waals surface area contributed by atoms with E-state index in [0.29, 0.717) is 18.0 Å². The fraction of sp³-hybridized carbons (Fsp3) is 0.333. The van der Waals surface area contributed by atoms with Crippen molar-refractivity contribution in [1.82, 2.24) is 5.32 Å². The van der Waals surface area contributed by atoms with Crippen LogP contribution in [-0.4, -0.2) is 18.4 Å². The van der Waals surface area contributed by atoms with Crippen molar-refractivity contribution in [2.24, 2.45) is 5.41 Å². The number of halogens is 1. The second-order valence-corrected chi connectivity index (χ2v) is 7.40. The van der Waals surface area contributed by atoms with Crippen LogP contribution < -0.4 is 10.6 Å². The first-order chi connectivity index (χ1) is 12.2. The minimum Gasteiger partial charge on any atom is -0.355 e. The molecule has 0 saturated heterocycles. The summed E-state index contributed by atoms with van der Waals surface area (Å²) in [4.78, 5) is 25.1. The predicted octanol–water partition coefficient (Wildman–Crippen LogP) is 4.28. The summed E-state index contributed by atoms with van der Waals surface area (Å²) in [5.41, 5.74) is 2.73. The molecule has 0 aliphatic carbocycles. The summed E-state index contributed by atoms with van der Waals surface area (Å²) in [7, 11) is 0. The number of amides is 2. The number of benzene rings is 2. The number of nitrogens with one attached hydrogen (secondary N) is 2. The molecule has 2 aromatic rings. The van der Waals surface area contributed by atoms with E-state index in [-0.39, 0.29) is 11.8 Å². The van der Waals surface area contributed by atoms with Gasteiger partial charge in [0.25, 0.3) is 0 Å². The van der Waals surface area contributed by atoms with E-state index >= 15 is 0 Å². The zero-order valence-electron chi connectivity index (χ0n) is 15.7. The third-order valence-electron chi connectivity index (χ3n) is 4.60. The molecule has 0 saturated carbocycles. The highest BCUT2D eigenvalue weighted by Crippen LogP contribution is 2.23. The molecular weight excluding hydrogens is 348 g/mol. The SMILES string of the molecule is Cc1cccc(NC(=O)C(C)(C)C(=O)NCCc2ccc(Cl)cc2)c1C. The Balaban J connectivity index is 1.94. The van der Waals surface area contributed by atoms with Crippen molar-refractivity contribution in [3.05, 3.63) is 64.2 Å². The molecule has 2 N–H and O–H groups in total. The monoisotopic (exact) mass is 372 g/mol. The van der Waals surface area contributed by atoms with Crippen LogP contribution in [0.4, 0.5) is 5.69 Å². The van der Waals surface area contributed by atoms with Gasteiger partial charge >= 0.3 is 0 Å². The lowest BCUT2D eigenvalue weighted by Gasteiger charge is -2.23. The normalized spacial score (nSPS) is 11.1. The van der Waals surface area contributed by atoms with Crippen LogP contribution >= 0.6 is 11.6 Å². The molecule has 0 radical (unpaired) electrons. The molecule has 5 heteroatoms. The van der Waals surface area contributed by atoms with E-state index in [1.54, 1.807) is 13.8 Å². The Bertz CT molecular complexity index is 798. The molecule has 0 aliphatic heterocycles. The van der Waals surface area contributed by atoms with Gasteiger partial charge in [-0.2, -0.15) is 0 Å². The predicted molar refractivity (Wildman–Crippen MR) is 106 cm³/mol. The van der Waals surface area contributed by atoms with Crippen molar-refractivity contribution in [2.45, 2.75) is 34.1 Å². The first-order valence-corrected chi connectivity index (χ1v) is 9.00. The Morgan fingerprint density at radius 1 is 1.00 bits per heavy atom. The van der Waals surface area contributed by atoms with Crippen LogP contribution in [0.1, 0.15) is 30.5 Å². The molecule has 0 aliphatic rings. The summed E-state index contributed by atoms with van der Waals surface area (Å²) >= 11 is 5.86. The Kier molecular flexibility index (Phi) is 6.43. The van der Waals surface area contributed by atoms with E-state index in [2.05, 4.69) is 10.6 Å². The van der Waals surface area contributed by atoms with Crippen molar-refractivity contribution in [2.75, 3.05) is 11.9 Å². The third-order valence-corrected chi connectivity index (χ3v) is 4.85. The zero-order chi connectivity index (χ0) is 19.3. The summed E-state index contributed by atoms with van der Waals surface area (Å²) in [5.74, 6) is -0.621. The van der Waals surface area contributed by atoms with Crippen molar-refractivity contribution in [1.29, 1.82) is 0 Å². The van der Waals surface area contributed by atoms with Crippen LogP contribution in [0.2, 0.25) is 5.02 Å². The van der Waals surface area contributed by atoms with Gasteiger partial charge in [-0.15, -0.1) is 0 Å². The Morgan fingerprint density at radius 3 is 2.31 bits per heavy atom. The molecule has 4 nitrogen and oxygen atoms in total. The van der Waals surface area contributed by atoms with E-state index < -0.39 is 5.41 Å². The van der Waals surface area contributed by atoms with E-state index in [1.165, 1.54) is 0 Å². The standard InChI is InChI=1S/C21H25ClN2O2/c1-14-6-5-7-18(15(14)2)24-20(26)21(3,4)19(25)23-13-12-16-8-10-17(22)11-9-16/h5-11H,12-13H2,1-4H3,(H,23,25)(H,24,26). The van der Waals surface area contributed by atoms with Crippen molar-refractivity contribution in [3.63, 3.8) is 0 Å². The Morgan fingerprint density at radius 2 is 1.65 bits per heavy atom. The number of anilines is 1. The number of aryl methyl sites for hydroxylation is 1. The zero-order valence-corrected chi connectivity index (χ0v) is 16.4. The van der Waals surface area contributed by atoms with Gasteiger partial charge in [-0.05, 0) is 69.0 Å². The summed E-state index contributed by atoms with van der Waals surface area (Å²) in [6, 6.07) is 13.2. The number of hydrogen-bond acceptors (Lipinski definition) is 2. The minimum atomic E-state index is -1.17. The van der Waals surface area contributed by atoms with Gasteiger partial charge in [0.2, 0.25) is 11.8 Å². The fourth-order valence-corrected chi connectivity index (χ4v) is 2.59. The number of hydrogen-bond donors (Lipinski definition) is 2. The van der Waals surface area contributed by atoms with Gasteiger partial charge in [0.15, 0.2) is 0 Å². The maximum Gasteiger partial charge on any atom is 0.239 e. The van der Waals surface area contributed by atoms with Gasteiger partial charge < -0.3 is 10.6 Å². The molecule has 0 unspecified atom stereocenters. The van der Waals surface area contributed by atoms with Gasteiger partial charge in [0, 0.05) is 17.3 Å². The highest BCUT2D eigenvalue weighted by molar-refractivity contribution is 6.30. The molecule has 0 atom stereocenters. The quantitative estimate of drug-likeness (QED) is 0.743. The molecule has 0 aromatic heterocycles. The first kappa shape index (κ1) is 20.0.